The van der Waals surface area contributed by atoms with Crippen LogP contribution in [0.5, 0.6) is 0 Å². The highest BCUT2D eigenvalue weighted by molar-refractivity contribution is 5.66. The highest BCUT2D eigenvalue weighted by Crippen LogP contribution is 2.22. The Kier molecular flexibility index (Phi) is 4.00. The quantitative estimate of drug-likeness (QED) is 0.377. The molecule has 0 amide bonds. The van der Waals surface area contributed by atoms with Crippen LogP contribution >= 0.6 is 0 Å². The lowest BCUT2D eigenvalue weighted by Crippen LogP contribution is -2.59. The summed E-state index contributed by atoms with van der Waals surface area (Å²) in [5, 5.41) is 36.7. The fraction of sp³-hybridized carbons (Fsp3) is 0.875. The van der Waals surface area contributed by atoms with Gasteiger partial charge in [-0.25, -0.2) is 0 Å². The van der Waals surface area contributed by atoms with Crippen LogP contribution in [0.1, 0.15) is 6.92 Å². The van der Waals surface area contributed by atoms with Gasteiger partial charge in [0.1, 0.15) is 18.3 Å². The van der Waals surface area contributed by atoms with Crippen LogP contribution in [0.4, 0.5) is 0 Å². The Balaban J connectivity index is 2.75. The van der Waals surface area contributed by atoms with Crippen LogP contribution in [0, 0.1) is 0 Å². The van der Waals surface area contributed by atoms with E-state index in [9.17, 15) is 15.0 Å². The Hall–Kier alpha value is -0.730. The van der Waals surface area contributed by atoms with Gasteiger partial charge >= 0.3 is 5.97 Å². The summed E-state index contributed by atoms with van der Waals surface area (Å²) in [6.07, 6.45) is -6.91. The summed E-state index contributed by atoms with van der Waals surface area (Å²) in [7, 11) is 0. The molecule has 4 N–H and O–H groups in total. The molecule has 1 aliphatic rings. The molecule has 7 heteroatoms. The predicted octanol–water partition coefficient (Wildman–Crippen LogP) is -2.65. The van der Waals surface area contributed by atoms with Crippen molar-refractivity contribution in [3.05, 3.63) is 0 Å². The minimum atomic E-state index is -1.61. The molecule has 7 nitrogen and oxygen atoms in total. The number of ether oxygens (including phenoxy) is 2. The third kappa shape index (κ3) is 2.64. The average molecular weight is 222 g/mol. The Morgan fingerprint density at radius 3 is 2.40 bits per heavy atom. The summed E-state index contributed by atoms with van der Waals surface area (Å²) >= 11 is 0. The molecule has 5 atom stereocenters. The van der Waals surface area contributed by atoms with E-state index in [1.165, 1.54) is 0 Å². The summed E-state index contributed by atoms with van der Waals surface area (Å²) < 4.78 is 9.43. The van der Waals surface area contributed by atoms with Crippen molar-refractivity contribution in [1.82, 2.24) is 0 Å². The Bertz CT molecular complexity index is 229. The van der Waals surface area contributed by atoms with Crippen molar-refractivity contribution >= 4 is 5.97 Å². The maximum absolute atomic E-state index is 10.7. The van der Waals surface area contributed by atoms with Crippen molar-refractivity contribution in [2.24, 2.45) is 0 Å². The molecule has 1 heterocycles. The molecule has 0 spiro atoms. The first-order valence-corrected chi connectivity index (χ1v) is 4.45. The zero-order valence-corrected chi connectivity index (χ0v) is 8.11. The van der Waals surface area contributed by atoms with Crippen molar-refractivity contribution in [3.63, 3.8) is 0 Å². The van der Waals surface area contributed by atoms with Crippen molar-refractivity contribution < 1.29 is 34.7 Å². The monoisotopic (exact) mass is 222 g/mol. The van der Waals surface area contributed by atoms with Gasteiger partial charge in [-0.15, -0.1) is 0 Å². The maximum Gasteiger partial charge on any atom is 0.303 e. The maximum atomic E-state index is 10.7. The number of aliphatic hydroxyl groups is 4. The van der Waals surface area contributed by atoms with Crippen LogP contribution in [0.3, 0.4) is 0 Å². The summed E-state index contributed by atoms with van der Waals surface area (Å²) in [4.78, 5) is 10.7. The fourth-order valence-corrected chi connectivity index (χ4v) is 1.40. The van der Waals surface area contributed by atoms with Crippen LogP contribution in [0.25, 0.3) is 0 Å². The van der Waals surface area contributed by atoms with Gasteiger partial charge in [-0.2, -0.15) is 0 Å². The molecule has 0 saturated carbocycles. The van der Waals surface area contributed by atoms with Gasteiger partial charge in [0.05, 0.1) is 6.61 Å². The second-order valence-electron chi connectivity index (χ2n) is 3.30. The fourth-order valence-electron chi connectivity index (χ4n) is 1.40. The van der Waals surface area contributed by atoms with E-state index in [1.54, 1.807) is 0 Å². The molecular weight excluding hydrogens is 208 g/mol. The van der Waals surface area contributed by atoms with Crippen molar-refractivity contribution in [1.29, 1.82) is 0 Å². The van der Waals surface area contributed by atoms with E-state index in [0.717, 1.165) is 6.92 Å². The molecule has 15 heavy (non-hydrogen) atoms. The topological polar surface area (TPSA) is 116 Å². The number of hydrogen-bond acceptors (Lipinski definition) is 7. The van der Waals surface area contributed by atoms with Crippen molar-refractivity contribution in [2.45, 2.75) is 37.6 Å². The molecule has 0 aromatic rings. The molecule has 1 rings (SSSR count). The van der Waals surface area contributed by atoms with Crippen molar-refractivity contribution in [3.8, 4) is 0 Å². The van der Waals surface area contributed by atoms with E-state index < -0.39 is 43.3 Å². The molecule has 0 radical (unpaired) electrons. The highest BCUT2D eigenvalue weighted by Gasteiger charge is 2.45. The average Bonchev–Trinajstić information content (AvgIpc) is 2.18. The third-order valence-electron chi connectivity index (χ3n) is 2.14. The molecule has 1 fully saturated rings. The molecule has 0 aromatic heterocycles. The van der Waals surface area contributed by atoms with Crippen LogP contribution in [0.15, 0.2) is 0 Å². The Labute approximate surface area is 85.9 Å². The first-order valence-electron chi connectivity index (χ1n) is 4.45. The van der Waals surface area contributed by atoms with E-state index in [2.05, 4.69) is 4.74 Å². The van der Waals surface area contributed by atoms with E-state index >= 15 is 0 Å². The number of esters is 1. The summed E-state index contributed by atoms with van der Waals surface area (Å²) in [6.45, 7) is 0.581. The van der Waals surface area contributed by atoms with Gasteiger partial charge in [0.2, 0.25) is 0 Å². The molecule has 0 bridgehead atoms. The van der Waals surface area contributed by atoms with Crippen molar-refractivity contribution in [2.75, 3.05) is 6.61 Å². The lowest BCUT2D eigenvalue weighted by atomic mass is 9.99. The minimum absolute atomic E-state index is 0.543. The molecule has 0 unspecified atom stereocenters. The minimum Gasteiger partial charge on any atom is -0.457 e. The summed E-state index contributed by atoms with van der Waals surface area (Å²) in [6, 6.07) is 0. The summed E-state index contributed by atoms with van der Waals surface area (Å²) in [5.74, 6) is -0.676. The third-order valence-corrected chi connectivity index (χ3v) is 2.14. The molecule has 0 aliphatic carbocycles. The predicted molar refractivity (Wildman–Crippen MR) is 45.5 cm³/mol. The second-order valence-corrected chi connectivity index (χ2v) is 3.30. The van der Waals surface area contributed by atoms with Gasteiger partial charge < -0.3 is 29.9 Å². The summed E-state index contributed by atoms with van der Waals surface area (Å²) in [5.41, 5.74) is 0. The first kappa shape index (κ1) is 12.3. The number of hydrogen-bond donors (Lipinski definition) is 4. The SMILES string of the molecule is CC(=O)O[C@@H]1[C@@H](O)[C@@H](O)[C@@H](O)O[C@@H]1CO. The molecule has 88 valence electrons. The van der Waals surface area contributed by atoms with E-state index in [1.807, 2.05) is 0 Å². The largest absolute Gasteiger partial charge is 0.457 e. The Morgan fingerprint density at radius 1 is 1.33 bits per heavy atom. The van der Waals surface area contributed by atoms with Gasteiger partial charge in [-0.3, -0.25) is 4.79 Å². The smallest absolute Gasteiger partial charge is 0.303 e. The van der Waals surface area contributed by atoms with Gasteiger partial charge in [-0.1, -0.05) is 0 Å². The molecular formula is C8H14O7. The number of rotatable bonds is 2. The van der Waals surface area contributed by atoms with Crippen LogP contribution < -0.4 is 0 Å². The standard InChI is InChI=1S/C8H14O7/c1-3(10)14-7-4(2-9)15-8(13)6(12)5(7)11/h4-9,11-13H,2H2,1H3/t4-,5+,6-,7+,8+/m1/s1. The van der Waals surface area contributed by atoms with Crippen LogP contribution in [-0.2, 0) is 14.3 Å². The molecule has 0 aromatic carbocycles. The number of carbonyl (C=O) groups excluding carboxylic acids is 1. The normalized spacial score (nSPS) is 41.3. The van der Waals surface area contributed by atoms with Gasteiger partial charge in [0, 0.05) is 6.92 Å². The lowest BCUT2D eigenvalue weighted by molar-refractivity contribution is -0.289. The van der Waals surface area contributed by atoms with E-state index in [-0.39, 0.29) is 0 Å². The van der Waals surface area contributed by atoms with Gasteiger partial charge in [-0.05, 0) is 0 Å². The van der Waals surface area contributed by atoms with Crippen LogP contribution in [-0.4, -0.2) is 63.7 Å². The number of carbonyl (C=O) groups is 1. The molecule has 1 aliphatic heterocycles. The Morgan fingerprint density at radius 2 is 1.93 bits per heavy atom. The molecule has 1 saturated heterocycles. The zero-order chi connectivity index (χ0) is 11.6. The van der Waals surface area contributed by atoms with Crippen LogP contribution in [0.2, 0.25) is 0 Å². The zero-order valence-electron chi connectivity index (χ0n) is 8.11. The number of aliphatic hydroxyl groups excluding tert-OH is 4. The lowest BCUT2D eigenvalue weighted by Gasteiger charge is -2.39. The van der Waals surface area contributed by atoms with Gasteiger partial charge in [0.25, 0.3) is 0 Å². The van der Waals surface area contributed by atoms with E-state index in [0.29, 0.717) is 0 Å². The van der Waals surface area contributed by atoms with E-state index in [4.69, 9.17) is 14.9 Å². The first-order chi connectivity index (χ1) is 6.97. The second kappa shape index (κ2) is 4.86. The van der Waals surface area contributed by atoms with Gasteiger partial charge in [0.15, 0.2) is 12.4 Å². The highest BCUT2D eigenvalue weighted by atomic mass is 16.7.